The van der Waals surface area contributed by atoms with Crippen molar-refractivity contribution in [3.05, 3.63) is 35.4 Å². The minimum absolute atomic E-state index is 0.379. The van der Waals surface area contributed by atoms with Crippen molar-refractivity contribution in [1.82, 2.24) is 0 Å². The van der Waals surface area contributed by atoms with Gasteiger partial charge in [0.25, 0.3) is 0 Å². The van der Waals surface area contributed by atoms with E-state index in [0.29, 0.717) is 0 Å². The number of benzene rings is 1. The molecule has 5 heteroatoms. The second-order valence-electron chi connectivity index (χ2n) is 6.32. The summed E-state index contributed by atoms with van der Waals surface area (Å²) in [6, 6.07) is 8.71. The van der Waals surface area contributed by atoms with E-state index in [1.165, 1.54) is 15.9 Å². The monoisotopic (exact) mass is 275 g/mol. The Morgan fingerprint density at radius 2 is 1.75 bits per heavy atom. The largest absolute Gasteiger partial charge is 0.508 e. The summed E-state index contributed by atoms with van der Waals surface area (Å²) in [6.07, 6.45) is 2.08. The molecule has 1 unspecified atom stereocenters. The Bertz CT molecular complexity index is 488. The molecule has 0 bridgehead atoms. The van der Waals surface area contributed by atoms with Crippen molar-refractivity contribution in [2.75, 3.05) is 32.9 Å². The normalized spacial score (nSPS) is 40.1. The first-order chi connectivity index (χ1) is 9.77. The molecular formula is C15H22BNO3. The topological polar surface area (TPSA) is 32.1 Å². The van der Waals surface area contributed by atoms with Crippen LogP contribution in [0.3, 0.4) is 0 Å². The zero-order chi connectivity index (χ0) is 13.6. The lowest BCUT2D eigenvalue weighted by Crippen LogP contribution is -3.21. The molecule has 1 aromatic rings. The van der Waals surface area contributed by atoms with Crippen molar-refractivity contribution in [2.45, 2.75) is 25.3 Å². The van der Waals surface area contributed by atoms with Crippen LogP contribution in [0, 0.1) is 6.92 Å². The lowest BCUT2D eigenvalue weighted by molar-refractivity contribution is -0.787. The van der Waals surface area contributed by atoms with Crippen LogP contribution in [0.1, 0.15) is 24.0 Å². The van der Waals surface area contributed by atoms with E-state index in [2.05, 4.69) is 31.2 Å². The highest BCUT2D eigenvalue weighted by atomic mass is 16.7. The molecule has 1 aromatic carbocycles. The molecule has 3 fully saturated rings. The smallest absolute Gasteiger partial charge is 0.506 e. The number of aryl methyl sites for hydroxylation is 1. The minimum Gasteiger partial charge on any atom is -0.508 e. The molecule has 1 atom stereocenters. The van der Waals surface area contributed by atoms with Gasteiger partial charge in [-0.3, -0.25) is 0 Å². The van der Waals surface area contributed by atoms with Crippen LogP contribution >= 0.6 is 0 Å². The van der Waals surface area contributed by atoms with Gasteiger partial charge in [-0.25, -0.2) is 0 Å². The van der Waals surface area contributed by atoms with Crippen LogP contribution in [0.2, 0.25) is 0 Å². The van der Waals surface area contributed by atoms with Gasteiger partial charge in [0.1, 0.15) is 0 Å². The van der Waals surface area contributed by atoms with E-state index in [0.717, 1.165) is 45.8 Å². The fourth-order valence-electron chi connectivity index (χ4n) is 4.34. The van der Waals surface area contributed by atoms with E-state index in [-0.39, 0.29) is 5.50 Å². The lowest BCUT2D eigenvalue weighted by atomic mass is 9.50. The van der Waals surface area contributed by atoms with Gasteiger partial charge in [-0.15, -0.1) is 0 Å². The average molecular weight is 275 g/mol. The number of rotatable bonds is 2. The van der Waals surface area contributed by atoms with Gasteiger partial charge >= 0.3 is 6.69 Å². The van der Waals surface area contributed by atoms with E-state index in [1.54, 1.807) is 0 Å². The molecule has 0 spiro atoms. The van der Waals surface area contributed by atoms with Crippen molar-refractivity contribution in [3.63, 3.8) is 0 Å². The Kier molecular flexibility index (Phi) is 2.93. The Hall–Kier alpha value is -0.875. The van der Waals surface area contributed by atoms with Crippen LogP contribution in [0.4, 0.5) is 0 Å². The SMILES string of the molecule is Cc1ccc(C2([B-]34OCC[NH+]3CCO4)CCCO2)cc1. The molecule has 108 valence electrons. The van der Waals surface area contributed by atoms with Crippen LogP contribution in [-0.2, 0) is 19.5 Å². The van der Waals surface area contributed by atoms with Gasteiger partial charge in [0, 0.05) is 6.61 Å². The number of fused-ring (bicyclic) bond motifs is 1. The van der Waals surface area contributed by atoms with Crippen molar-refractivity contribution in [1.29, 1.82) is 0 Å². The molecule has 3 aliphatic rings. The first-order valence-corrected chi connectivity index (χ1v) is 7.75. The Morgan fingerprint density at radius 1 is 1.05 bits per heavy atom. The highest BCUT2D eigenvalue weighted by molar-refractivity contribution is 6.62. The lowest BCUT2D eigenvalue weighted by Gasteiger charge is -2.46. The zero-order valence-corrected chi connectivity index (χ0v) is 12.1. The van der Waals surface area contributed by atoms with Gasteiger partial charge in [-0.05, 0) is 25.3 Å². The second-order valence-corrected chi connectivity index (χ2v) is 6.32. The summed E-state index contributed by atoms with van der Waals surface area (Å²) in [5, 5.41) is 0. The first-order valence-electron chi connectivity index (χ1n) is 7.75. The molecule has 0 saturated carbocycles. The van der Waals surface area contributed by atoms with Crippen molar-refractivity contribution < 1.29 is 18.9 Å². The van der Waals surface area contributed by atoms with Crippen molar-refractivity contribution >= 4 is 6.69 Å². The molecule has 20 heavy (non-hydrogen) atoms. The summed E-state index contributed by atoms with van der Waals surface area (Å²) in [4.78, 5) is 1.45. The fraction of sp³-hybridized carbons (Fsp3) is 0.600. The van der Waals surface area contributed by atoms with E-state index in [4.69, 9.17) is 14.0 Å². The molecule has 0 aliphatic carbocycles. The highest BCUT2D eigenvalue weighted by Gasteiger charge is 2.66. The maximum Gasteiger partial charge on any atom is 0.506 e. The quantitative estimate of drug-likeness (QED) is 0.794. The summed E-state index contributed by atoms with van der Waals surface area (Å²) in [5.41, 5.74) is 2.12. The molecular weight excluding hydrogens is 253 g/mol. The Morgan fingerprint density at radius 3 is 2.35 bits per heavy atom. The number of nitrogens with one attached hydrogen (secondary N) is 1. The molecule has 4 nitrogen and oxygen atoms in total. The minimum atomic E-state index is -1.42. The molecule has 3 saturated heterocycles. The number of quaternary nitrogens is 1. The standard InChI is InChI=1S/C15H22BNO3/c1-13-3-5-14(6-4-13)15(7-2-10-18-15)16-17(8-11-19-16)9-12-20-16/h3-6,17H,2,7-12H2,1H3. The predicted octanol–water partition coefficient (Wildman–Crippen LogP) is 0.424. The molecule has 0 amide bonds. The zero-order valence-electron chi connectivity index (χ0n) is 12.1. The Balaban J connectivity index is 1.82. The van der Waals surface area contributed by atoms with Gasteiger partial charge < -0.3 is 18.9 Å². The van der Waals surface area contributed by atoms with E-state index in [9.17, 15) is 0 Å². The maximum absolute atomic E-state index is 6.31. The summed E-state index contributed by atoms with van der Waals surface area (Å²) >= 11 is 0. The molecule has 3 heterocycles. The van der Waals surface area contributed by atoms with E-state index >= 15 is 0 Å². The predicted molar refractivity (Wildman–Crippen MR) is 76.4 cm³/mol. The fourth-order valence-corrected chi connectivity index (χ4v) is 4.34. The van der Waals surface area contributed by atoms with Crippen molar-refractivity contribution in [3.8, 4) is 0 Å². The molecule has 4 rings (SSSR count). The van der Waals surface area contributed by atoms with Crippen LogP contribution in [0.15, 0.2) is 24.3 Å². The number of ether oxygens (including phenoxy) is 1. The van der Waals surface area contributed by atoms with E-state index in [1.807, 2.05) is 0 Å². The third kappa shape index (κ3) is 1.58. The van der Waals surface area contributed by atoms with Crippen LogP contribution in [0.25, 0.3) is 0 Å². The third-order valence-electron chi connectivity index (χ3n) is 5.30. The number of hydrogen-bond donors (Lipinski definition) is 1. The Labute approximate surface area is 120 Å². The van der Waals surface area contributed by atoms with Gasteiger partial charge in [-0.2, -0.15) is 0 Å². The third-order valence-corrected chi connectivity index (χ3v) is 5.30. The van der Waals surface area contributed by atoms with Gasteiger partial charge in [0.2, 0.25) is 0 Å². The maximum atomic E-state index is 6.31. The molecule has 0 radical (unpaired) electrons. The average Bonchev–Trinajstić information content (AvgIpc) is 3.14. The van der Waals surface area contributed by atoms with Gasteiger partial charge in [-0.1, -0.05) is 29.8 Å². The van der Waals surface area contributed by atoms with Crippen LogP contribution in [0.5, 0.6) is 0 Å². The highest BCUT2D eigenvalue weighted by Crippen LogP contribution is 2.44. The van der Waals surface area contributed by atoms with Crippen molar-refractivity contribution in [2.24, 2.45) is 0 Å². The number of hydrogen-bond acceptors (Lipinski definition) is 3. The van der Waals surface area contributed by atoms with E-state index < -0.39 is 6.69 Å². The van der Waals surface area contributed by atoms with Gasteiger partial charge in [0.15, 0.2) is 0 Å². The molecule has 1 N–H and O–H groups in total. The molecule has 3 aliphatic heterocycles. The summed E-state index contributed by atoms with van der Waals surface area (Å²) in [6.45, 7) is 5.15. The summed E-state index contributed by atoms with van der Waals surface area (Å²) in [7, 11) is 0. The van der Waals surface area contributed by atoms with Crippen LogP contribution in [-0.4, -0.2) is 39.6 Å². The summed E-state index contributed by atoms with van der Waals surface area (Å²) in [5.74, 6) is 0. The van der Waals surface area contributed by atoms with Crippen LogP contribution < -0.4 is 4.81 Å². The summed E-state index contributed by atoms with van der Waals surface area (Å²) < 4.78 is 18.7. The first kappa shape index (κ1) is 12.8. The van der Waals surface area contributed by atoms with Gasteiger partial charge in [0.05, 0.1) is 31.8 Å². The molecule has 0 aromatic heterocycles. The second kappa shape index (κ2) is 4.56.